The van der Waals surface area contributed by atoms with Gasteiger partial charge in [-0.2, -0.15) is 18.3 Å². The monoisotopic (exact) mass is 259 g/mol. The van der Waals surface area contributed by atoms with Crippen LogP contribution in [0, 0.1) is 0 Å². The molecule has 0 atom stereocenters. The summed E-state index contributed by atoms with van der Waals surface area (Å²) in [6, 6.07) is 3.30. The molecule has 0 bridgehead atoms. The zero-order valence-electron chi connectivity index (χ0n) is 9.50. The van der Waals surface area contributed by atoms with Crippen LogP contribution in [-0.4, -0.2) is 22.3 Å². The first-order valence-corrected chi connectivity index (χ1v) is 5.64. The summed E-state index contributed by atoms with van der Waals surface area (Å²) in [5.74, 6) is -0.0696. The highest BCUT2D eigenvalue weighted by Crippen LogP contribution is 2.38. The zero-order valence-corrected chi connectivity index (χ0v) is 9.50. The van der Waals surface area contributed by atoms with E-state index in [0.717, 1.165) is 18.5 Å². The van der Waals surface area contributed by atoms with Crippen LogP contribution in [0.4, 0.5) is 19.0 Å². The van der Waals surface area contributed by atoms with Gasteiger partial charge in [0, 0.05) is 12.3 Å². The van der Waals surface area contributed by atoms with Gasteiger partial charge >= 0.3 is 6.18 Å². The van der Waals surface area contributed by atoms with Crippen LogP contribution in [0.15, 0.2) is 12.1 Å². The van der Waals surface area contributed by atoms with Crippen molar-refractivity contribution in [1.82, 2.24) is 10.2 Å². The number of hydrogen-bond donors (Lipinski definition) is 1. The molecule has 0 aliphatic heterocycles. The Kier molecular flexibility index (Phi) is 3.49. The summed E-state index contributed by atoms with van der Waals surface area (Å²) in [7, 11) is 0. The summed E-state index contributed by atoms with van der Waals surface area (Å²) in [6.07, 6.45) is -3.88. The molecule has 1 fully saturated rings. The average molecular weight is 259 g/mol. The standard InChI is InChI=1S/C11H12F3N3O/c12-11(13,14)6-5-10(18)15-9-4-3-8(16-17-9)7-1-2-7/h3-4,7H,1-2,5-6H2,(H,15,17,18). The molecule has 1 heterocycles. The molecule has 2 rings (SSSR count). The lowest BCUT2D eigenvalue weighted by Crippen LogP contribution is -2.17. The highest BCUT2D eigenvalue weighted by Gasteiger charge is 2.28. The van der Waals surface area contributed by atoms with E-state index in [0.29, 0.717) is 5.92 Å². The number of nitrogens with one attached hydrogen (secondary N) is 1. The Morgan fingerprint density at radius 1 is 1.33 bits per heavy atom. The van der Waals surface area contributed by atoms with Crippen molar-refractivity contribution < 1.29 is 18.0 Å². The molecule has 0 aromatic carbocycles. The summed E-state index contributed by atoms with van der Waals surface area (Å²) in [5, 5.41) is 9.97. The first-order valence-electron chi connectivity index (χ1n) is 5.64. The van der Waals surface area contributed by atoms with Gasteiger partial charge in [-0.15, -0.1) is 5.10 Å². The van der Waals surface area contributed by atoms with Crippen LogP contribution in [0.25, 0.3) is 0 Å². The third-order valence-corrected chi connectivity index (χ3v) is 2.58. The predicted octanol–water partition coefficient (Wildman–Crippen LogP) is 2.64. The third-order valence-electron chi connectivity index (χ3n) is 2.58. The molecule has 0 unspecified atom stereocenters. The van der Waals surface area contributed by atoms with E-state index in [1.54, 1.807) is 12.1 Å². The topological polar surface area (TPSA) is 54.9 Å². The Bertz CT molecular complexity index is 426. The third kappa shape index (κ3) is 3.97. The predicted molar refractivity (Wildman–Crippen MR) is 57.9 cm³/mol. The Balaban J connectivity index is 1.83. The summed E-state index contributed by atoms with van der Waals surface area (Å²) in [6.45, 7) is 0. The van der Waals surface area contributed by atoms with Crippen LogP contribution < -0.4 is 5.32 Å². The lowest BCUT2D eigenvalue weighted by Gasteiger charge is -2.06. The van der Waals surface area contributed by atoms with Crippen LogP contribution in [-0.2, 0) is 4.79 Å². The molecule has 1 N–H and O–H groups in total. The van der Waals surface area contributed by atoms with Gasteiger partial charge < -0.3 is 5.32 Å². The highest BCUT2D eigenvalue weighted by molar-refractivity contribution is 5.89. The van der Waals surface area contributed by atoms with Gasteiger partial charge in [0.15, 0.2) is 5.82 Å². The molecule has 1 aromatic rings. The summed E-state index contributed by atoms with van der Waals surface area (Å²) >= 11 is 0. The SMILES string of the molecule is O=C(CCC(F)(F)F)Nc1ccc(C2CC2)nn1. The number of carbonyl (C=O) groups excluding carboxylic acids is 1. The van der Waals surface area contributed by atoms with Crippen molar-refractivity contribution in [3.05, 3.63) is 17.8 Å². The van der Waals surface area contributed by atoms with Crippen LogP contribution >= 0.6 is 0 Å². The number of nitrogens with zero attached hydrogens (tertiary/aromatic N) is 2. The van der Waals surface area contributed by atoms with Gasteiger partial charge in [-0.25, -0.2) is 0 Å². The van der Waals surface area contributed by atoms with Crippen LogP contribution in [0.1, 0.15) is 37.3 Å². The van der Waals surface area contributed by atoms with Gasteiger partial charge in [-0.1, -0.05) is 0 Å². The van der Waals surface area contributed by atoms with E-state index >= 15 is 0 Å². The maximum atomic E-state index is 11.9. The fourth-order valence-corrected chi connectivity index (χ4v) is 1.47. The number of hydrogen-bond acceptors (Lipinski definition) is 3. The van der Waals surface area contributed by atoms with E-state index in [-0.39, 0.29) is 5.82 Å². The lowest BCUT2D eigenvalue weighted by molar-refractivity contribution is -0.142. The summed E-state index contributed by atoms with van der Waals surface area (Å²) in [4.78, 5) is 11.2. The summed E-state index contributed by atoms with van der Waals surface area (Å²) < 4.78 is 35.7. The largest absolute Gasteiger partial charge is 0.389 e. The van der Waals surface area contributed by atoms with Crippen molar-refractivity contribution in [3.63, 3.8) is 0 Å². The molecule has 1 saturated carbocycles. The average Bonchev–Trinajstić information content (AvgIpc) is 3.10. The second-order valence-corrected chi connectivity index (χ2v) is 4.28. The van der Waals surface area contributed by atoms with Gasteiger partial charge in [0.05, 0.1) is 12.1 Å². The maximum absolute atomic E-state index is 11.9. The second-order valence-electron chi connectivity index (χ2n) is 4.28. The van der Waals surface area contributed by atoms with Crippen molar-refractivity contribution in [2.75, 3.05) is 5.32 Å². The molecule has 7 heteroatoms. The smallest absolute Gasteiger partial charge is 0.309 e. The van der Waals surface area contributed by atoms with E-state index in [4.69, 9.17) is 0 Å². The normalized spacial score (nSPS) is 15.5. The minimum Gasteiger partial charge on any atom is -0.309 e. The van der Waals surface area contributed by atoms with E-state index in [1.807, 2.05) is 0 Å². The van der Waals surface area contributed by atoms with Crippen molar-refractivity contribution in [1.29, 1.82) is 0 Å². The van der Waals surface area contributed by atoms with Gasteiger partial charge in [0.1, 0.15) is 0 Å². The number of anilines is 1. The quantitative estimate of drug-likeness (QED) is 0.904. The van der Waals surface area contributed by atoms with Crippen LogP contribution in [0.3, 0.4) is 0 Å². The number of halogens is 3. The Labute approximate surface area is 102 Å². The van der Waals surface area contributed by atoms with Gasteiger partial charge in [0.25, 0.3) is 0 Å². The zero-order chi connectivity index (χ0) is 13.2. The van der Waals surface area contributed by atoms with Crippen LogP contribution in [0.5, 0.6) is 0 Å². The number of alkyl halides is 3. The lowest BCUT2D eigenvalue weighted by atomic mass is 10.2. The fraction of sp³-hybridized carbons (Fsp3) is 0.545. The van der Waals surface area contributed by atoms with E-state index < -0.39 is 24.9 Å². The van der Waals surface area contributed by atoms with Crippen LogP contribution in [0.2, 0.25) is 0 Å². The molecular formula is C11H12F3N3O. The molecule has 0 saturated heterocycles. The van der Waals surface area contributed by atoms with E-state index in [9.17, 15) is 18.0 Å². The van der Waals surface area contributed by atoms with Crippen molar-refractivity contribution in [2.45, 2.75) is 37.8 Å². The Hall–Kier alpha value is -1.66. The van der Waals surface area contributed by atoms with Gasteiger partial charge in [-0.3, -0.25) is 4.79 Å². The molecule has 0 radical (unpaired) electrons. The molecule has 1 aliphatic carbocycles. The number of aromatic nitrogens is 2. The van der Waals surface area contributed by atoms with Crippen molar-refractivity contribution in [3.8, 4) is 0 Å². The Morgan fingerprint density at radius 2 is 2.06 bits per heavy atom. The fourth-order valence-electron chi connectivity index (χ4n) is 1.47. The van der Waals surface area contributed by atoms with E-state index in [2.05, 4.69) is 15.5 Å². The van der Waals surface area contributed by atoms with Crippen molar-refractivity contribution >= 4 is 11.7 Å². The van der Waals surface area contributed by atoms with Gasteiger partial charge in [0.2, 0.25) is 5.91 Å². The molecule has 1 aliphatic rings. The van der Waals surface area contributed by atoms with Crippen molar-refractivity contribution in [2.24, 2.45) is 0 Å². The molecular weight excluding hydrogens is 247 g/mol. The number of rotatable bonds is 4. The molecule has 1 amide bonds. The summed E-state index contributed by atoms with van der Waals surface area (Å²) in [5.41, 5.74) is 0.864. The minimum absolute atomic E-state index is 0.187. The Morgan fingerprint density at radius 3 is 2.56 bits per heavy atom. The highest BCUT2D eigenvalue weighted by atomic mass is 19.4. The molecule has 1 aromatic heterocycles. The minimum atomic E-state index is -4.32. The molecule has 0 spiro atoms. The first kappa shape index (κ1) is 12.8. The van der Waals surface area contributed by atoms with Gasteiger partial charge in [-0.05, 0) is 25.0 Å². The maximum Gasteiger partial charge on any atom is 0.389 e. The molecule has 98 valence electrons. The first-order chi connectivity index (χ1) is 8.44. The number of carbonyl (C=O) groups is 1. The number of amides is 1. The molecule has 18 heavy (non-hydrogen) atoms. The second kappa shape index (κ2) is 4.91. The molecule has 4 nitrogen and oxygen atoms in total. The van der Waals surface area contributed by atoms with E-state index in [1.165, 1.54) is 0 Å².